The van der Waals surface area contributed by atoms with Crippen molar-refractivity contribution in [1.82, 2.24) is 4.48 Å². The number of nitrogens with zero attached hydrogens (tertiary/aromatic N) is 3. The quantitative estimate of drug-likeness (QED) is 0.155. The molecule has 0 saturated heterocycles. The zero-order chi connectivity index (χ0) is 53.8. The number of anilines is 6. The summed E-state index contributed by atoms with van der Waals surface area (Å²) >= 11 is 0. The van der Waals surface area contributed by atoms with E-state index >= 15 is 0 Å². The molecular weight excluding hydrogens is 946 g/mol. The van der Waals surface area contributed by atoms with Gasteiger partial charge in [-0.3, -0.25) is 0 Å². The van der Waals surface area contributed by atoms with Crippen molar-refractivity contribution >= 4 is 84.9 Å². The number of rotatable bonds is 6. The Morgan fingerprint density at radius 3 is 1.68 bits per heavy atom. The highest BCUT2D eigenvalue weighted by Gasteiger charge is 2.46. The van der Waals surface area contributed by atoms with Crippen LogP contribution in [0.25, 0.3) is 66.4 Å². The number of aryl methyl sites for hydroxylation is 1. The third-order valence-corrected chi connectivity index (χ3v) is 18.1. The Kier molecular flexibility index (Phi) is 10.5. The molecule has 2 aliphatic heterocycles. The van der Waals surface area contributed by atoms with E-state index in [0.29, 0.717) is 0 Å². The monoisotopic (exact) mass is 1010 g/mol. The number of fused-ring (bicyclic) bond motifs is 10. The molecule has 11 aromatic rings. The van der Waals surface area contributed by atoms with E-state index in [-0.39, 0.29) is 28.5 Å². The second-order valence-electron chi connectivity index (χ2n) is 26.1. The van der Waals surface area contributed by atoms with Crippen LogP contribution in [0.5, 0.6) is 0 Å². The fraction of sp³-hybridized carbons (Fsp3) is 0.233. The van der Waals surface area contributed by atoms with E-state index in [9.17, 15) is 0 Å². The van der Waals surface area contributed by atoms with E-state index in [2.05, 4.69) is 278 Å². The molecular formula is C73H68BN3O. The topological polar surface area (TPSA) is 24.6 Å². The predicted octanol–water partition coefficient (Wildman–Crippen LogP) is 19.0. The van der Waals surface area contributed by atoms with Gasteiger partial charge in [0.05, 0.1) is 5.39 Å². The molecule has 2 aromatic heterocycles. The Morgan fingerprint density at radius 2 is 1.06 bits per heavy atom. The summed E-state index contributed by atoms with van der Waals surface area (Å²) in [7, 11) is 0. The highest BCUT2D eigenvalue weighted by molar-refractivity contribution is 6.90. The Hall–Kier alpha value is -8.02. The standard InChI is InChI=1S/C73H68BN3O/c1-45-38-59-60(73(10,11)37-36-72(59,8)9)44-63(45)76-62-35-26-48(46-20-14-12-15-21-46)40-61(62)74-67-56(39-49(41-64(67)76)47-22-16-13-17-23-47)57-42-54(43-58-66-55-24-18-19-25-65(55)78-69(66)77(74)68(57)58)75(52-31-27-50(28-32-52)70(2,3)4)53-33-29-51(30-34-53)71(5,6)7/h12-35,38-44H,36-37H2,1-11H3. The van der Waals surface area contributed by atoms with Gasteiger partial charge in [-0.05, 0) is 175 Å². The van der Waals surface area contributed by atoms with E-state index in [1.807, 2.05) is 0 Å². The van der Waals surface area contributed by atoms with E-state index in [1.54, 1.807) is 0 Å². The molecule has 0 atom stereocenters. The Balaban J connectivity index is 1.13. The fourth-order valence-corrected chi connectivity index (χ4v) is 13.6. The maximum absolute atomic E-state index is 7.31. The molecule has 1 aliphatic carbocycles. The van der Waals surface area contributed by atoms with Crippen molar-refractivity contribution in [3.05, 3.63) is 216 Å². The van der Waals surface area contributed by atoms with Crippen molar-refractivity contribution in [1.29, 1.82) is 0 Å². The second kappa shape index (κ2) is 17.0. The van der Waals surface area contributed by atoms with E-state index in [1.165, 1.54) is 107 Å². The summed E-state index contributed by atoms with van der Waals surface area (Å²) in [5, 5.41) is 3.45. The number of benzene rings is 9. The molecule has 0 spiro atoms. The van der Waals surface area contributed by atoms with Crippen LogP contribution in [-0.4, -0.2) is 11.3 Å². The molecule has 0 amide bonds. The van der Waals surface area contributed by atoms with Gasteiger partial charge in [-0.15, -0.1) is 0 Å². The molecule has 4 heterocycles. The minimum absolute atomic E-state index is 0.00978. The van der Waals surface area contributed by atoms with Gasteiger partial charge < -0.3 is 18.7 Å². The molecule has 0 N–H and O–H groups in total. The molecule has 0 unspecified atom stereocenters. The Morgan fingerprint density at radius 1 is 0.487 bits per heavy atom. The predicted molar refractivity (Wildman–Crippen MR) is 333 cm³/mol. The number of hydrogen-bond acceptors (Lipinski definition) is 3. The summed E-state index contributed by atoms with van der Waals surface area (Å²) in [5.41, 5.74) is 26.6. The minimum Gasteiger partial charge on any atom is -0.441 e. The average molecular weight is 1010 g/mol. The lowest BCUT2D eigenvalue weighted by molar-refractivity contribution is 0.332. The summed E-state index contributed by atoms with van der Waals surface area (Å²) in [6.45, 7) is 25.7. The molecule has 3 aliphatic rings. The first kappa shape index (κ1) is 48.4. The van der Waals surface area contributed by atoms with Crippen molar-refractivity contribution in [2.45, 2.75) is 111 Å². The number of hydrogen-bond donors (Lipinski definition) is 0. The van der Waals surface area contributed by atoms with Crippen molar-refractivity contribution in [3.63, 3.8) is 0 Å². The Labute approximate surface area is 461 Å². The summed E-state index contributed by atoms with van der Waals surface area (Å²) in [4.78, 5) is 5.12. The second-order valence-corrected chi connectivity index (χ2v) is 26.1. The molecule has 9 aromatic carbocycles. The van der Waals surface area contributed by atoms with Gasteiger partial charge in [0.25, 0.3) is 0 Å². The van der Waals surface area contributed by atoms with Crippen LogP contribution in [0.15, 0.2) is 192 Å². The van der Waals surface area contributed by atoms with Crippen LogP contribution < -0.4 is 20.7 Å². The van der Waals surface area contributed by atoms with Gasteiger partial charge in [-0.2, -0.15) is 0 Å². The lowest BCUT2D eigenvalue weighted by Gasteiger charge is -2.45. The SMILES string of the molecule is Cc1cc2c(cc1N1c3ccc(-c4ccccc4)cc3B3c4c(cc(-c5ccccc5)cc41)-c1cc(N(c4ccc(C(C)(C)C)cc4)c4ccc(C(C)(C)C)cc4)cc4c5c6ccccc6oc5n3c14)C(C)(C)CCC2(C)C. The maximum atomic E-state index is 7.31. The first-order valence-corrected chi connectivity index (χ1v) is 28.2. The molecule has 0 saturated carbocycles. The highest BCUT2D eigenvalue weighted by Crippen LogP contribution is 2.54. The van der Waals surface area contributed by atoms with Crippen LogP contribution >= 0.6 is 0 Å². The third kappa shape index (κ3) is 7.40. The molecule has 0 bridgehead atoms. The van der Waals surface area contributed by atoms with Gasteiger partial charge in [0, 0.05) is 56.0 Å². The first-order chi connectivity index (χ1) is 37.3. The summed E-state index contributed by atoms with van der Waals surface area (Å²) in [6, 6.07) is 71.4. The Bertz CT molecular complexity index is 4160. The fourth-order valence-electron chi connectivity index (χ4n) is 13.6. The molecule has 14 rings (SSSR count). The molecule has 0 fully saturated rings. The minimum atomic E-state index is -0.215. The van der Waals surface area contributed by atoms with Gasteiger partial charge in [-0.25, -0.2) is 0 Å². The smallest absolute Gasteiger partial charge is 0.336 e. The van der Waals surface area contributed by atoms with Crippen LogP contribution in [0, 0.1) is 6.92 Å². The zero-order valence-electron chi connectivity index (χ0n) is 47.1. The van der Waals surface area contributed by atoms with Crippen LogP contribution in [0.1, 0.15) is 110 Å². The average Bonchev–Trinajstić information content (AvgIpc) is 3.43. The molecule has 5 heteroatoms. The highest BCUT2D eigenvalue weighted by atomic mass is 16.3. The van der Waals surface area contributed by atoms with Crippen LogP contribution in [-0.2, 0) is 21.7 Å². The number of aromatic nitrogens is 1. The lowest BCUT2D eigenvalue weighted by Crippen LogP contribution is -2.56. The van der Waals surface area contributed by atoms with Crippen molar-refractivity contribution in [2.75, 3.05) is 9.80 Å². The van der Waals surface area contributed by atoms with Crippen molar-refractivity contribution in [3.8, 4) is 33.4 Å². The van der Waals surface area contributed by atoms with E-state index < -0.39 is 0 Å². The van der Waals surface area contributed by atoms with E-state index in [4.69, 9.17) is 4.42 Å². The largest absolute Gasteiger partial charge is 0.441 e. The van der Waals surface area contributed by atoms with Gasteiger partial charge >= 0.3 is 6.85 Å². The molecule has 78 heavy (non-hydrogen) atoms. The van der Waals surface area contributed by atoms with Crippen molar-refractivity contribution in [2.24, 2.45) is 0 Å². The van der Waals surface area contributed by atoms with Gasteiger partial charge in [-0.1, -0.05) is 191 Å². The maximum Gasteiger partial charge on any atom is 0.336 e. The zero-order valence-corrected chi connectivity index (χ0v) is 47.1. The molecule has 4 nitrogen and oxygen atoms in total. The van der Waals surface area contributed by atoms with Crippen LogP contribution in [0.3, 0.4) is 0 Å². The first-order valence-electron chi connectivity index (χ1n) is 28.2. The lowest BCUT2D eigenvalue weighted by atomic mass is 9.45. The van der Waals surface area contributed by atoms with Gasteiger partial charge in [0.2, 0.25) is 0 Å². The number of furan rings is 1. The number of para-hydroxylation sites is 1. The van der Waals surface area contributed by atoms with E-state index in [0.717, 1.165) is 45.6 Å². The summed E-state index contributed by atoms with van der Waals surface area (Å²) < 4.78 is 9.90. The van der Waals surface area contributed by atoms with Crippen molar-refractivity contribution < 1.29 is 4.42 Å². The van der Waals surface area contributed by atoms with Crippen LogP contribution in [0.4, 0.5) is 34.1 Å². The van der Waals surface area contributed by atoms with Gasteiger partial charge in [0.1, 0.15) is 5.58 Å². The molecule has 0 radical (unpaired) electrons. The summed E-state index contributed by atoms with van der Waals surface area (Å²) in [6.07, 6.45) is 2.31. The normalized spacial score (nSPS) is 15.2. The van der Waals surface area contributed by atoms with Gasteiger partial charge in [0.15, 0.2) is 5.71 Å². The third-order valence-electron chi connectivity index (χ3n) is 18.1. The van der Waals surface area contributed by atoms with Crippen LogP contribution in [0.2, 0.25) is 0 Å². The molecule has 384 valence electrons. The summed E-state index contributed by atoms with van der Waals surface area (Å²) in [5.74, 6) is 0.